The molecule has 2 N–H and O–H groups in total. The van der Waals surface area contributed by atoms with Gasteiger partial charge in [-0.05, 0) is 0 Å². The third-order valence-corrected chi connectivity index (χ3v) is 3.19. The molecule has 0 rings (SSSR count). The normalized spacial score (nSPS) is 15.5. The van der Waals surface area contributed by atoms with E-state index < -0.39 is 56.6 Å². The van der Waals surface area contributed by atoms with E-state index in [4.69, 9.17) is 9.79 Å². The van der Waals surface area contributed by atoms with Crippen molar-refractivity contribution in [2.75, 3.05) is 6.61 Å². The molecule has 0 bridgehead atoms. The van der Waals surface area contributed by atoms with Crippen molar-refractivity contribution in [2.45, 2.75) is 42.2 Å². The first-order valence-electron chi connectivity index (χ1n) is 5.61. The minimum atomic E-state index is -8.02. The molecule has 4 nitrogen and oxygen atoms in total. The summed E-state index contributed by atoms with van der Waals surface area (Å²) in [6, 6.07) is 0. The molecule has 0 aliphatic heterocycles. The van der Waals surface area contributed by atoms with Gasteiger partial charge in [0.25, 0.3) is 0 Å². The first-order valence-corrected chi connectivity index (χ1v) is 7.14. The summed E-state index contributed by atoms with van der Waals surface area (Å²) >= 11 is 0. The van der Waals surface area contributed by atoms with Crippen molar-refractivity contribution in [3.05, 3.63) is 0 Å². The third-order valence-electron chi connectivity index (χ3n) is 2.67. The second-order valence-electron chi connectivity index (χ2n) is 4.57. The Morgan fingerprint density at radius 3 is 1.30 bits per heavy atom. The van der Waals surface area contributed by atoms with Gasteiger partial charge in [-0.25, -0.2) is 4.57 Å². The SMILES string of the molecule is O=P(O)(O)OCCC(F)(F)C(F)(F)C(F)(F)C(F)(F)C(F)(F)C(F)(F)F.[NaH]. The monoisotopic (exact) mass is 468 g/mol. The number of phosphoric ester groups is 1. The molecule has 0 aromatic heterocycles. The van der Waals surface area contributed by atoms with Crippen LogP contribution in [0.15, 0.2) is 0 Å². The van der Waals surface area contributed by atoms with Crippen LogP contribution in [0.3, 0.4) is 0 Å². The summed E-state index contributed by atoms with van der Waals surface area (Å²) in [5, 5.41) is 0. The number of alkyl halides is 13. The second-order valence-corrected chi connectivity index (χ2v) is 5.81. The first-order chi connectivity index (χ1) is 11.0. The van der Waals surface area contributed by atoms with Gasteiger partial charge >= 0.3 is 73.2 Å². The predicted octanol–water partition coefficient (Wildman–Crippen LogP) is 3.58. The summed E-state index contributed by atoms with van der Waals surface area (Å²) in [5.74, 6) is -37.7. The number of rotatable bonds is 8. The van der Waals surface area contributed by atoms with E-state index in [0.29, 0.717) is 0 Å². The Bertz CT molecular complexity index is 557. The van der Waals surface area contributed by atoms with Gasteiger partial charge in [-0.1, -0.05) is 0 Å². The van der Waals surface area contributed by atoms with E-state index in [1.807, 2.05) is 0 Å². The van der Waals surface area contributed by atoms with Crippen molar-refractivity contribution in [3.63, 3.8) is 0 Å². The fraction of sp³-hybridized carbons (Fsp3) is 1.00. The van der Waals surface area contributed by atoms with Gasteiger partial charge < -0.3 is 9.79 Å². The molecule has 27 heavy (non-hydrogen) atoms. The molecule has 0 aromatic rings. The van der Waals surface area contributed by atoms with Gasteiger partial charge in [-0.15, -0.1) is 0 Å². The fourth-order valence-electron chi connectivity index (χ4n) is 1.25. The molecular formula is C8H7F13NaO4P. The summed E-state index contributed by atoms with van der Waals surface area (Å²) in [6.45, 7) is -2.16. The number of phosphoric acid groups is 1. The van der Waals surface area contributed by atoms with Crippen LogP contribution in [0.2, 0.25) is 0 Å². The Hall–Kier alpha value is 0.200. The Labute approximate surface area is 162 Å². The molecule has 0 unspecified atom stereocenters. The minimum absolute atomic E-state index is 0. The molecule has 0 saturated heterocycles. The molecule has 0 aromatic carbocycles. The van der Waals surface area contributed by atoms with E-state index in [0.717, 1.165) is 0 Å². The van der Waals surface area contributed by atoms with Crippen molar-refractivity contribution < 1.29 is 76.0 Å². The van der Waals surface area contributed by atoms with Crippen LogP contribution < -0.4 is 0 Å². The summed E-state index contributed by atoms with van der Waals surface area (Å²) < 4.78 is 178. The van der Waals surface area contributed by atoms with E-state index in [1.54, 1.807) is 0 Å². The molecule has 0 heterocycles. The third kappa shape index (κ3) is 5.42. The van der Waals surface area contributed by atoms with Crippen LogP contribution in [0.25, 0.3) is 0 Å². The molecular weight excluding hydrogens is 461 g/mol. The first kappa shape index (κ1) is 29.4. The summed E-state index contributed by atoms with van der Waals surface area (Å²) in [6.07, 6.45) is -10.3. The second kappa shape index (κ2) is 8.14. The summed E-state index contributed by atoms with van der Waals surface area (Å²) in [4.78, 5) is 16.1. The average molecular weight is 468 g/mol. The van der Waals surface area contributed by atoms with Gasteiger partial charge in [0.15, 0.2) is 0 Å². The maximum absolute atomic E-state index is 13.1. The van der Waals surface area contributed by atoms with E-state index >= 15 is 0 Å². The van der Waals surface area contributed by atoms with E-state index in [1.165, 1.54) is 0 Å². The molecule has 19 heteroatoms. The fourth-order valence-corrected chi connectivity index (χ4v) is 1.58. The molecule has 0 aliphatic rings. The zero-order valence-electron chi connectivity index (χ0n) is 11.5. The van der Waals surface area contributed by atoms with Crippen molar-refractivity contribution in [1.82, 2.24) is 0 Å². The van der Waals surface area contributed by atoms with Gasteiger partial charge in [0.2, 0.25) is 0 Å². The topological polar surface area (TPSA) is 66.8 Å². The standard InChI is InChI=1S/C8H6F13O4P.Na.H/c9-3(10,1-2-25-26(22,23)24)4(11,12)5(13,14)6(15,16)7(17,18)8(19,20)21;;/h1-2H2,(H2,22,23,24);;. The van der Waals surface area contributed by atoms with Crippen LogP contribution >= 0.6 is 7.82 Å². The van der Waals surface area contributed by atoms with Crippen LogP contribution in [0.4, 0.5) is 57.1 Å². The predicted molar refractivity (Wildman–Crippen MR) is 60.6 cm³/mol. The molecule has 0 atom stereocenters. The van der Waals surface area contributed by atoms with Crippen LogP contribution in [-0.2, 0) is 9.09 Å². The van der Waals surface area contributed by atoms with Gasteiger partial charge in [0.1, 0.15) is 0 Å². The van der Waals surface area contributed by atoms with Gasteiger partial charge in [0, 0.05) is 6.42 Å². The summed E-state index contributed by atoms with van der Waals surface area (Å²) in [7, 11) is -5.61. The van der Waals surface area contributed by atoms with Gasteiger partial charge in [-0.2, -0.15) is 57.1 Å². The zero-order chi connectivity index (χ0) is 21.6. The Morgan fingerprint density at radius 1 is 0.667 bits per heavy atom. The molecule has 0 fully saturated rings. The Kier molecular flexibility index (Phi) is 8.87. The molecule has 0 aliphatic carbocycles. The van der Waals surface area contributed by atoms with Crippen molar-refractivity contribution in [1.29, 1.82) is 0 Å². The van der Waals surface area contributed by atoms with Gasteiger partial charge in [0.05, 0.1) is 6.61 Å². The van der Waals surface area contributed by atoms with Gasteiger partial charge in [-0.3, -0.25) is 4.52 Å². The number of halogens is 13. The average Bonchev–Trinajstić information content (AvgIpc) is 2.34. The van der Waals surface area contributed by atoms with Crippen LogP contribution in [-0.4, -0.2) is 81.7 Å². The quantitative estimate of drug-likeness (QED) is 0.325. The molecule has 0 spiro atoms. The molecule has 0 saturated carbocycles. The van der Waals surface area contributed by atoms with E-state index in [9.17, 15) is 61.6 Å². The van der Waals surface area contributed by atoms with Crippen LogP contribution in [0.5, 0.6) is 0 Å². The van der Waals surface area contributed by atoms with E-state index in [-0.39, 0.29) is 29.6 Å². The summed E-state index contributed by atoms with van der Waals surface area (Å²) in [5.41, 5.74) is 0. The maximum atomic E-state index is 13.1. The van der Waals surface area contributed by atoms with Crippen molar-refractivity contribution >= 4 is 37.4 Å². The van der Waals surface area contributed by atoms with Crippen LogP contribution in [0, 0.1) is 0 Å². The Morgan fingerprint density at radius 2 is 1.00 bits per heavy atom. The van der Waals surface area contributed by atoms with E-state index in [2.05, 4.69) is 4.52 Å². The van der Waals surface area contributed by atoms with Crippen LogP contribution in [0.1, 0.15) is 6.42 Å². The molecule has 160 valence electrons. The number of hydrogen-bond donors (Lipinski definition) is 2. The zero-order valence-corrected chi connectivity index (χ0v) is 12.4. The molecule has 0 amide bonds. The Balaban J connectivity index is 0. The number of hydrogen-bond acceptors (Lipinski definition) is 2. The molecule has 0 radical (unpaired) electrons. The van der Waals surface area contributed by atoms with Crippen molar-refractivity contribution in [2.24, 2.45) is 0 Å². The van der Waals surface area contributed by atoms with Crippen molar-refractivity contribution in [3.8, 4) is 0 Å².